The van der Waals surface area contributed by atoms with Crippen molar-refractivity contribution >= 4 is 5.69 Å². The van der Waals surface area contributed by atoms with E-state index in [1.165, 1.54) is 51.7 Å². The number of rotatable bonds is 4. The van der Waals surface area contributed by atoms with Crippen LogP contribution in [0.15, 0.2) is 18.2 Å². The van der Waals surface area contributed by atoms with Crippen LogP contribution in [0.2, 0.25) is 0 Å². The number of hydrogen-bond donors (Lipinski definition) is 0. The molecule has 0 unspecified atom stereocenters. The Morgan fingerprint density at radius 3 is 2.38 bits per heavy atom. The van der Waals surface area contributed by atoms with Gasteiger partial charge in [0.25, 0.3) is 0 Å². The van der Waals surface area contributed by atoms with E-state index in [4.69, 9.17) is 4.74 Å². The summed E-state index contributed by atoms with van der Waals surface area (Å²) in [6.45, 7) is 4.69. The summed E-state index contributed by atoms with van der Waals surface area (Å²) < 4.78 is 5.21. The molecule has 0 N–H and O–H groups in total. The van der Waals surface area contributed by atoms with E-state index in [-0.39, 0.29) is 10.6 Å². The maximum atomic E-state index is 11.0. The van der Waals surface area contributed by atoms with E-state index in [1.54, 1.807) is 6.07 Å². The summed E-state index contributed by atoms with van der Waals surface area (Å²) in [6, 6.07) is 6.05. The van der Waals surface area contributed by atoms with Crippen LogP contribution in [0, 0.1) is 10.1 Å². The van der Waals surface area contributed by atoms with Crippen molar-refractivity contribution in [2.24, 2.45) is 0 Å². The van der Waals surface area contributed by atoms with Gasteiger partial charge in [-0.2, -0.15) is 0 Å². The van der Waals surface area contributed by atoms with E-state index in [1.807, 2.05) is 12.1 Å². The average Bonchev–Trinajstić information content (AvgIpc) is 2.62. The summed E-state index contributed by atoms with van der Waals surface area (Å²) in [6.07, 6.45) is 4.73. The minimum absolute atomic E-state index is 0.0485. The zero-order valence-electron chi connectivity index (χ0n) is 14.6. The molecular weight excluding hydrogens is 306 g/mol. The second kappa shape index (κ2) is 7.49. The van der Waals surface area contributed by atoms with E-state index < -0.39 is 0 Å². The predicted molar refractivity (Wildman–Crippen MR) is 93.7 cm³/mol. The van der Waals surface area contributed by atoms with Crippen LogP contribution >= 0.6 is 0 Å². The SMILES string of the molecule is COc1cc(C2CCC(N3CCN(C)CC3)CC2)ccc1[N+](=O)[O-]. The second-order valence-electron chi connectivity index (χ2n) is 7.03. The fourth-order valence-corrected chi connectivity index (χ4v) is 4.06. The Morgan fingerprint density at radius 2 is 1.79 bits per heavy atom. The van der Waals surface area contributed by atoms with E-state index in [9.17, 15) is 10.1 Å². The van der Waals surface area contributed by atoms with Crippen LogP contribution in [0.5, 0.6) is 5.75 Å². The highest BCUT2D eigenvalue weighted by atomic mass is 16.6. The van der Waals surface area contributed by atoms with Crippen molar-refractivity contribution in [3.05, 3.63) is 33.9 Å². The third-order valence-electron chi connectivity index (χ3n) is 5.62. The van der Waals surface area contributed by atoms with Gasteiger partial charge in [-0.1, -0.05) is 6.07 Å². The first-order valence-electron chi connectivity index (χ1n) is 8.83. The van der Waals surface area contributed by atoms with E-state index >= 15 is 0 Å². The van der Waals surface area contributed by atoms with Gasteiger partial charge in [-0.15, -0.1) is 0 Å². The van der Waals surface area contributed by atoms with E-state index in [0.29, 0.717) is 17.7 Å². The molecule has 2 aliphatic rings. The maximum Gasteiger partial charge on any atom is 0.310 e. The highest BCUT2D eigenvalue weighted by molar-refractivity contribution is 5.49. The summed E-state index contributed by atoms with van der Waals surface area (Å²) in [7, 11) is 3.69. The number of hydrogen-bond acceptors (Lipinski definition) is 5. The summed E-state index contributed by atoms with van der Waals surface area (Å²) in [4.78, 5) is 15.7. The molecule has 0 bridgehead atoms. The number of benzene rings is 1. The van der Waals surface area contributed by atoms with Crippen LogP contribution in [0.25, 0.3) is 0 Å². The number of likely N-dealkylation sites (N-methyl/N-ethyl adjacent to an activating group) is 1. The standard InChI is InChI=1S/C18H27N3O3/c1-19-9-11-20(12-10-19)16-6-3-14(4-7-16)15-5-8-17(21(22)23)18(13-15)24-2/h5,8,13-14,16H,3-4,6-7,9-12H2,1-2H3. The molecule has 3 rings (SSSR count). The zero-order chi connectivity index (χ0) is 17.1. The van der Waals surface area contributed by atoms with Gasteiger partial charge in [0.1, 0.15) is 0 Å². The van der Waals surface area contributed by atoms with Gasteiger partial charge in [0.05, 0.1) is 12.0 Å². The second-order valence-corrected chi connectivity index (χ2v) is 7.03. The molecule has 0 spiro atoms. The zero-order valence-corrected chi connectivity index (χ0v) is 14.6. The van der Waals surface area contributed by atoms with Gasteiger partial charge in [0.15, 0.2) is 5.75 Å². The van der Waals surface area contributed by atoms with Gasteiger partial charge in [-0.25, -0.2) is 0 Å². The molecule has 6 nitrogen and oxygen atoms in total. The Morgan fingerprint density at radius 1 is 1.12 bits per heavy atom. The summed E-state index contributed by atoms with van der Waals surface area (Å²) >= 11 is 0. The lowest BCUT2D eigenvalue weighted by atomic mass is 9.81. The van der Waals surface area contributed by atoms with Crippen molar-refractivity contribution in [2.75, 3.05) is 40.3 Å². The highest BCUT2D eigenvalue weighted by Crippen LogP contribution is 2.38. The van der Waals surface area contributed by atoms with Gasteiger partial charge >= 0.3 is 5.69 Å². The molecule has 1 aliphatic heterocycles. The number of nitro groups is 1. The molecule has 1 saturated carbocycles. The highest BCUT2D eigenvalue weighted by Gasteiger charge is 2.29. The maximum absolute atomic E-state index is 11.0. The molecule has 1 saturated heterocycles. The normalized spacial score (nSPS) is 26.2. The molecule has 0 radical (unpaired) electrons. The topological polar surface area (TPSA) is 58.8 Å². The Balaban J connectivity index is 1.61. The van der Waals surface area contributed by atoms with Crippen LogP contribution in [0.3, 0.4) is 0 Å². The molecule has 1 aliphatic carbocycles. The molecule has 2 fully saturated rings. The number of nitro benzene ring substituents is 1. The molecule has 1 aromatic carbocycles. The Kier molecular flexibility index (Phi) is 5.36. The Labute approximate surface area is 143 Å². The van der Waals surface area contributed by atoms with Crippen molar-refractivity contribution in [1.82, 2.24) is 9.80 Å². The Hall–Kier alpha value is -1.66. The molecular formula is C18H27N3O3. The van der Waals surface area contributed by atoms with Gasteiger partial charge in [0.2, 0.25) is 0 Å². The number of piperazine rings is 1. The van der Waals surface area contributed by atoms with Crippen LogP contribution < -0.4 is 4.74 Å². The van der Waals surface area contributed by atoms with Crippen molar-refractivity contribution < 1.29 is 9.66 Å². The fourth-order valence-electron chi connectivity index (χ4n) is 4.06. The summed E-state index contributed by atoms with van der Waals surface area (Å²) in [5.74, 6) is 0.863. The molecule has 1 heterocycles. The lowest BCUT2D eigenvalue weighted by Crippen LogP contribution is -2.49. The Bertz CT molecular complexity index is 577. The van der Waals surface area contributed by atoms with Crippen LogP contribution in [-0.4, -0.2) is 61.1 Å². The monoisotopic (exact) mass is 333 g/mol. The van der Waals surface area contributed by atoms with Gasteiger partial charge in [-0.3, -0.25) is 15.0 Å². The number of nitrogens with zero attached hydrogens (tertiary/aromatic N) is 3. The predicted octanol–water partition coefficient (Wildman–Crippen LogP) is 2.88. The van der Waals surface area contributed by atoms with Gasteiger partial charge in [0, 0.05) is 38.3 Å². The number of methoxy groups -OCH3 is 1. The molecule has 6 heteroatoms. The first-order valence-corrected chi connectivity index (χ1v) is 8.83. The smallest absolute Gasteiger partial charge is 0.310 e. The first-order chi connectivity index (χ1) is 11.6. The average molecular weight is 333 g/mol. The number of ether oxygens (including phenoxy) is 1. The molecule has 24 heavy (non-hydrogen) atoms. The van der Waals surface area contributed by atoms with Crippen LogP contribution in [0.1, 0.15) is 37.2 Å². The minimum atomic E-state index is -0.382. The molecule has 1 aromatic rings. The van der Waals surface area contributed by atoms with E-state index in [0.717, 1.165) is 12.8 Å². The van der Waals surface area contributed by atoms with Crippen molar-refractivity contribution in [1.29, 1.82) is 0 Å². The third-order valence-corrected chi connectivity index (χ3v) is 5.62. The lowest BCUT2D eigenvalue weighted by molar-refractivity contribution is -0.385. The lowest BCUT2D eigenvalue weighted by Gasteiger charge is -2.41. The van der Waals surface area contributed by atoms with Crippen LogP contribution in [0.4, 0.5) is 5.69 Å². The van der Waals surface area contributed by atoms with Gasteiger partial charge < -0.3 is 9.64 Å². The van der Waals surface area contributed by atoms with E-state index in [2.05, 4.69) is 16.8 Å². The fraction of sp³-hybridized carbons (Fsp3) is 0.667. The molecule has 0 amide bonds. The summed E-state index contributed by atoms with van der Waals surface area (Å²) in [5.41, 5.74) is 1.22. The third kappa shape index (κ3) is 3.70. The van der Waals surface area contributed by atoms with Crippen molar-refractivity contribution in [3.63, 3.8) is 0 Å². The molecule has 132 valence electrons. The largest absolute Gasteiger partial charge is 0.490 e. The van der Waals surface area contributed by atoms with Crippen LogP contribution in [-0.2, 0) is 0 Å². The minimum Gasteiger partial charge on any atom is -0.490 e. The molecule has 0 atom stereocenters. The summed E-state index contributed by atoms with van der Waals surface area (Å²) in [5, 5.41) is 11.0. The van der Waals surface area contributed by atoms with Crippen molar-refractivity contribution in [2.45, 2.75) is 37.6 Å². The molecule has 0 aromatic heterocycles. The van der Waals surface area contributed by atoms with Crippen molar-refractivity contribution in [3.8, 4) is 5.75 Å². The first kappa shape index (κ1) is 17.2. The van der Waals surface area contributed by atoms with Gasteiger partial charge in [-0.05, 0) is 50.3 Å². The quantitative estimate of drug-likeness (QED) is 0.626.